The number of methoxy groups -OCH3 is 1. The van der Waals surface area contributed by atoms with E-state index in [4.69, 9.17) is 27.9 Å². The van der Waals surface area contributed by atoms with Crippen LogP contribution in [-0.2, 0) is 16.1 Å². The molecule has 1 aliphatic rings. The zero-order chi connectivity index (χ0) is 22.9. The van der Waals surface area contributed by atoms with Crippen LogP contribution < -0.4 is 10.1 Å². The molecule has 0 heterocycles. The molecular formula is C25H30Cl2N2O3. The van der Waals surface area contributed by atoms with E-state index in [-0.39, 0.29) is 30.3 Å². The standard InChI is InChI=1S/C25H30Cl2N2O3/c1-32-22-11-7-6-8-19(22)17-29(23(30)16-26)24(18-12-14-20(27)15-13-18)25(31)28-21-9-4-2-3-5-10-21/h6-8,11-15,21,24H,2-5,9-10,16-17H2,1H3,(H,28,31)/t24-/m0/s1. The number of halogens is 2. The van der Waals surface area contributed by atoms with Gasteiger partial charge < -0.3 is 15.0 Å². The molecule has 1 atom stereocenters. The number of hydrogen-bond acceptors (Lipinski definition) is 3. The third-order valence-corrected chi connectivity index (χ3v) is 6.40. The Hall–Kier alpha value is -2.24. The lowest BCUT2D eigenvalue weighted by atomic mass is 10.0. The fourth-order valence-corrected chi connectivity index (χ4v) is 4.52. The van der Waals surface area contributed by atoms with E-state index < -0.39 is 6.04 Å². The molecule has 1 fully saturated rings. The van der Waals surface area contributed by atoms with Crippen molar-refractivity contribution < 1.29 is 14.3 Å². The maximum absolute atomic E-state index is 13.6. The van der Waals surface area contributed by atoms with E-state index >= 15 is 0 Å². The van der Waals surface area contributed by atoms with Gasteiger partial charge in [-0.1, -0.05) is 67.6 Å². The average molecular weight is 477 g/mol. The summed E-state index contributed by atoms with van der Waals surface area (Å²) in [5, 5.41) is 3.77. The molecule has 1 aliphatic carbocycles. The van der Waals surface area contributed by atoms with Crippen LogP contribution in [-0.4, -0.2) is 35.7 Å². The number of amides is 2. The van der Waals surface area contributed by atoms with Gasteiger partial charge in [0.1, 0.15) is 17.7 Å². The molecule has 32 heavy (non-hydrogen) atoms. The number of nitrogens with zero attached hydrogens (tertiary/aromatic N) is 1. The van der Waals surface area contributed by atoms with Gasteiger partial charge in [0, 0.05) is 16.6 Å². The predicted molar refractivity (Wildman–Crippen MR) is 128 cm³/mol. The summed E-state index contributed by atoms with van der Waals surface area (Å²) in [6.45, 7) is 0.195. The molecule has 1 N–H and O–H groups in total. The van der Waals surface area contributed by atoms with Crippen LogP contribution in [0.3, 0.4) is 0 Å². The van der Waals surface area contributed by atoms with Crippen molar-refractivity contribution in [2.75, 3.05) is 13.0 Å². The van der Waals surface area contributed by atoms with Crippen LogP contribution in [0.15, 0.2) is 48.5 Å². The number of alkyl halides is 1. The summed E-state index contributed by atoms with van der Waals surface area (Å²) in [7, 11) is 1.59. The Morgan fingerprint density at radius 3 is 2.34 bits per heavy atom. The maximum Gasteiger partial charge on any atom is 0.247 e. The molecule has 0 spiro atoms. The Morgan fingerprint density at radius 2 is 1.72 bits per heavy atom. The third-order valence-electron chi connectivity index (χ3n) is 5.92. The van der Waals surface area contributed by atoms with Crippen molar-refractivity contribution in [3.63, 3.8) is 0 Å². The second-order valence-electron chi connectivity index (χ2n) is 8.12. The smallest absolute Gasteiger partial charge is 0.247 e. The predicted octanol–water partition coefficient (Wildman–Crippen LogP) is 5.50. The van der Waals surface area contributed by atoms with Gasteiger partial charge in [0.05, 0.1) is 13.7 Å². The van der Waals surface area contributed by atoms with Crippen molar-refractivity contribution in [2.45, 2.75) is 57.2 Å². The summed E-state index contributed by atoms with van der Waals surface area (Å²) in [6, 6.07) is 13.8. The third kappa shape index (κ3) is 6.39. The number of para-hydroxylation sites is 1. The van der Waals surface area contributed by atoms with Crippen molar-refractivity contribution in [2.24, 2.45) is 0 Å². The molecule has 1 saturated carbocycles. The molecule has 0 bridgehead atoms. The van der Waals surface area contributed by atoms with E-state index in [1.165, 1.54) is 17.7 Å². The normalized spacial score (nSPS) is 15.5. The summed E-state index contributed by atoms with van der Waals surface area (Å²) >= 11 is 12.1. The van der Waals surface area contributed by atoms with E-state index in [2.05, 4.69) is 5.32 Å². The maximum atomic E-state index is 13.6. The van der Waals surface area contributed by atoms with Crippen LogP contribution >= 0.6 is 23.2 Å². The number of ether oxygens (including phenoxy) is 1. The molecule has 0 unspecified atom stereocenters. The summed E-state index contributed by atoms with van der Waals surface area (Å²) in [5.41, 5.74) is 1.49. The van der Waals surface area contributed by atoms with Crippen molar-refractivity contribution >= 4 is 35.0 Å². The Kier molecular flexibility index (Phi) is 9.24. The average Bonchev–Trinajstić information content (AvgIpc) is 3.08. The summed E-state index contributed by atoms with van der Waals surface area (Å²) in [6.07, 6.45) is 6.49. The first-order chi connectivity index (χ1) is 15.5. The summed E-state index contributed by atoms with van der Waals surface area (Å²) in [5.74, 6) is -0.101. The van der Waals surface area contributed by atoms with E-state index in [9.17, 15) is 9.59 Å². The topological polar surface area (TPSA) is 58.6 Å². The van der Waals surface area contributed by atoms with Crippen molar-refractivity contribution in [1.29, 1.82) is 0 Å². The number of carbonyl (C=O) groups is 2. The zero-order valence-electron chi connectivity index (χ0n) is 18.4. The number of hydrogen-bond donors (Lipinski definition) is 1. The van der Waals surface area contributed by atoms with Crippen LogP contribution in [0.25, 0.3) is 0 Å². The molecule has 0 radical (unpaired) electrons. The fourth-order valence-electron chi connectivity index (χ4n) is 4.24. The van der Waals surface area contributed by atoms with Crippen LogP contribution in [0, 0.1) is 0 Å². The highest BCUT2D eigenvalue weighted by Crippen LogP contribution is 2.29. The number of rotatable bonds is 8. The molecule has 2 amide bonds. The first-order valence-corrected chi connectivity index (χ1v) is 12.0. The molecule has 2 aromatic carbocycles. The van der Waals surface area contributed by atoms with Gasteiger partial charge in [-0.2, -0.15) is 0 Å². The number of nitrogens with one attached hydrogen (secondary N) is 1. The van der Waals surface area contributed by atoms with Crippen LogP contribution in [0.1, 0.15) is 55.7 Å². The van der Waals surface area contributed by atoms with Crippen molar-refractivity contribution in [3.05, 3.63) is 64.7 Å². The molecule has 172 valence electrons. The van der Waals surface area contributed by atoms with E-state index in [1.54, 1.807) is 31.4 Å². The Morgan fingerprint density at radius 1 is 1.06 bits per heavy atom. The second kappa shape index (κ2) is 12.1. The Bertz CT molecular complexity index is 896. The lowest BCUT2D eigenvalue weighted by Gasteiger charge is -2.32. The van der Waals surface area contributed by atoms with E-state index in [1.807, 2.05) is 24.3 Å². The highest BCUT2D eigenvalue weighted by atomic mass is 35.5. The number of carbonyl (C=O) groups excluding carboxylic acids is 2. The van der Waals surface area contributed by atoms with Gasteiger partial charge in [-0.15, -0.1) is 11.6 Å². The van der Waals surface area contributed by atoms with Gasteiger partial charge in [-0.3, -0.25) is 9.59 Å². The minimum Gasteiger partial charge on any atom is -0.496 e. The van der Waals surface area contributed by atoms with Gasteiger partial charge in [0.2, 0.25) is 11.8 Å². The molecule has 5 nitrogen and oxygen atoms in total. The molecule has 3 rings (SSSR count). The fraction of sp³-hybridized carbons (Fsp3) is 0.440. The largest absolute Gasteiger partial charge is 0.496 e. The Balaban J connectivity index is 1.96. The van der Waals surface area contributed by atoms with E-state index in [0.29, 0.717) is 16.3 Å². The van der Waals surface area contributed by atoms with Gasteiger partial charge in [-0.25, -0.2) is 0 Å². The minimum atomic E-state index is -0.827. The van der Waals surface area contributed by atoms with Gasteiger partial charge >= 0.3 is 0 Å². The van der Waals surface area contributed by atoms with Gasteiger partial charge in [0.15, 0.2) is 0 Å². The first kappa shape index (κ1) is 24.4. The Labute approximate surface area is 200 Å². The van der Waals surface area contributed by atoms with Crippen molar-refractivity contribution in [1.82, 2.24) is 10.2 Å². The van der Waals surface area contributed by atoms with Gasteiger partial charge in [0.25, 0.3) is 0 Å². The highest BCUT2D eigenvalue weighted by molar-refractivity contribution is 6.30. The molecular weight excluding hydrogens is 447 g/mol. The SMILES string of the molecule is COc1ccccc1CN(C(=O)CCl)[C@H](C(=O)NC1CCCCCC1)c1ccc(Cl)cc1. The summed E-state index contributed by atoms with van der Waals surface area (Å²) < 4.78 is 5.47. The van der Waals surface area contributed by atoms with E-state index in [0.717, 1.165) is 31.2 Å². The zero-order valence-corrected chi connectivity index (χ0v) is 19.9. The molecule has 2 aromatic rings. The highest BCUT2D eigenvalue weighted by Gasteiger charge is 2.33. The molecule has 0 aromatic heterocycles. The molecule has 7 heteroatoms. The minimum absolute atomic E-state index is 0.110. The number of benzene rings is 2. The molecule has 0 saturated heterocycles. The van der Waals surface area contributed by atoms with Crippen LogP contribution in [0.2, 0.25) is 5.02 Å². The summed E-state index contributed by atoms with van der Waals surface area (Å²) in [4.78, 5) is 28.1. The van der Waals surface area contributed by atoms with Gasteiger partial charge in [-0.05, 0) is 36.6 Å². The second-order valence-corrected chi connectivity index (χ2v) is 8.82. The lowest BCUT2D eigenvalue weighted by Crippen LogP contribution is -2.46. The monoisotopic (exact) mass is 476 g/mol. The lowest BCUT2D eigenvalue weighted by molar-refractivity contribution is -0.140. The quantitative estimate of drug-likeness (QED) is 0.404. The van der Waals surface area contributed by atoms with Crippen LogP contribution in [0.4, 0.5) is 0 Å². The first-order valence-electron chi connectivity index (χ1n) is 11.1. The van der Waals surface area contributed by atoms with Crippen molar-refractivity contribution in [3.8, 4) is 5.75 Å². The molecule has 0 aliphatic heterocycles. The van der Waals surface area contributed by atoms with Crippen LogP contribution in [0.5, 0.6) is 5.75 Å².